The van der Waals surface area contributed by atoms with Crippen molar-refractivity contribution in [1.82, 2.24) is 0 Å². The summed E-state index contributed by atoms with van der Waals surface area (Å²) in [5, 5.41) is 0. The van der Waals surface area contributed by atoms with Crippen molar-refractivity contribution in [2.75, 3.05) is 13.7 Å². The van der Waals surface area contributed by atoms with Crippen LogP contribution in [0.5, 0.6) is 0 Å². The van der Waals surface area contributed by atoms with E-state index in [0.717, 1.165) is 19.4 Å². The maximum absolute atomic E-state index is 4.92. The molecule has 0 aliphatic carbocycles. The van der Waals surface area contributed by atoms with Crippen molar-refractivity contribution in [3.63, 3.8) is 0 Å². The Morgan fingerprint density at radius 1 is 0.941 bits per heavy atom. The molecule has 0 heterocycles. The van der Waals surface area contributed by atoms with E-state index in [0.29, 0.717) is 10.8 Å². The summed E-state index contributed by atoms with van der Waals surface area (Å²) in [6, 6.07) is 0. The third-order valence-corrected chi connectivity index (χ3v) is 1.81. The van der Waals surface area contributed by atoms with Gasteiger partial charge in [0.25, 0.3) is 0 Å². The van der Waals surface area contributed by atoms with Gasteiger partial charge in [-0.3, -0.25) is 0 Å². The Labute approximate surface area is 112 Å². The van der Waals surface area contributed by atoms with E-state index in [-0.39, 0.29) is 14.9 Å². The van der Waals surface area contributed by atoms with Gasteiger partial charge in [-0.2, -0.15) is 0 Å². The first-order valence-corrected chi connectivity index (χ1v) is 5.72. The van der Waals surface area contributed by atoms with Crippen molar-refractivity contribution in [2.24, 2.45) is 10.8 Å². The van der Waals surface area contributed by atoms with Crippen molar-refractivity contribution < 1.29 is 4.74 Å². The molecule has 0 aliphatic rings. The maximum atomic E-state index is 4.92. The van der Waals surface area contributed by atoms with Crippen LogP contribution in [0.3, 0.4) is 0 Å². The number of rotatable bonds is 3. The van der Waals surface area contributed by atoms with Crippen molar-refractivity contribution in [1.29, 1.82) is 0 Å². The predicted octanol–water partition coefficient (Wildman–Crippen LogP) is 5.95. The molecule has 0 fully saturated rings. The number of hydrogen-bond donors (Lipinski definition) is 0. The van der Waals surface area contributed by atoms with Gasteiger partial charge in [-0.25, -0.2) is 0 Å². The Hall–Kier alpha value is -0.300. The van der Waals surface area contributed by atoms with Gasteiger partial charge in [0.2, 0.25) is 0 Å². The summed E-state index contributed by atoms with van der Waals surface area (Å²) in [5.74, 6) is 0. The Morgan fingerprint density at radius 3 is 1.41 bits per heavy atom. The number of hydrogen-bond acceptors (Lipinski definition) is 1. The molecule has 0 amide bonds. The molecule has 1 nitrogen and oxygen atoms in total. The minimum absolute atomic E-state index is 0. The first-order chi connectivity index (χ1) is 6.62. The van der Waals surface area contributed by atoms with Gasteiger partial charge >= 0.3 is 0 Å². The van der Waals surface area contributed by atoms with Crippen LogP contribution in [0.1, 0.15) is 69.2 Å². The van der Waals surface area contributed by atoms with E-state index < -0.39 is 0 Å². The Morgan fingerprint density at radius 2 is 1.35 bits per heavy atom. The zero-order valence-electron chi connectivity index (χ0n) is 11.8. The summed E-state index contributed by atoms with van der Waals surface area (Å²) in [6.07, 6.45) is 4.20. The molecule has 0 N–H and O–H groups in total. The van der Waals surface area contributed by atoms with Gasteiger partial charge in [0.05, 0.1) is 0 Å². The second-order valence-electron chi connectivity index (χ2n) is 6.36. The minimum atomic E-state index is 0. The van der Waals surface area contributed by atoms with Crippen molar-refractivity contribution in [3.05, 3.63) is 12.7 Å². The van der Waals surface area contributed by atoms with Crippen LogP contribution in [0.4, 0.5) is 0 Å². The van der Waals surface area contributed by atoms with Crippen molar-refractivity contribution >= 4 is 0 Å². The number of allylic oxidation sites excluding steroid dienone is 1. The first-order valence-electron chi connectivity index (χ1n) is 5.72. The largest absolute Gasteiger partial charge is 0.385 e. The van der Waals surface area contributed by atoms with E-state index in [4.69, 9.17) is 4.74 Å². The molecule has 0 saturated heterocycles. The van der Waals surface area contributed by atoms with E-state index >= 15 is 0 Å². The van der Waals surface area contributed by atoms with Gasteiger partial charge in [-0.1, -0.05) is 62.5 Å². The van der Waals surface area contributed by atoms with Gasteiger partial charge in [-0.15, -0.1) is 6.58 Å². The lowest BCUT2D eigenvalue weighted by Crippen LogP contribution is -2.07. The summed E-state index contributed by atoms with van der Waals surface area (Å²) in [6.45, 7) is 17.8. The van der Waals surface area contributed by atoms with E-state index in [1.165, 1.54) is 0 Å². The molecule has 108 valence electrons. The van der Waals surface area contributed by atoms with Gasteiger partial charge < -0.3 is 4.74 Å². The molecule has 17 heavy (non-hydrogen) atoms. The Kier molecular flexibility index (Phi) is 18.3. The lowest BCUT2D eigenvalue weighted by molar-refractivity contribution is 0.159. The smallest absolute Gasteiger partial charge is 0.0467 e. The highest BCUT2D eigenvalue weighted by Gasteiger charge is 2.07. The minimum Gasteiger partial charge on any atom is -0.385 e. The van der Waals surface area contributed by atoms with Crippen molar-refractivity contribution in [2.45, 2.75) is 69.2 Å². The normalized spacial score (nSPS) is 10.3. The summed E-state index contributed by atoms with van der Waals surface area (Å²) in [7, 11) is 1.74. The Balaban J connectivity index is -0.0000000896. The van der Waals surface area contributed by atoms with Crippen LogP contribution >= 0.6 is 0 Å². The lowest BCUT2D eigenvalue weighted by atomic mass is 9.93. The van der Waals surface area contributed by atoms with E-state index in [1.807, 2.05) is 6.08 Å². The highest BCUT2D eigenvalue weighted by atomic mass is 16.5. The highest BCUT2D eigenvalue weighted by Crippen LogP contribution is 2.18. The standard InChI is InChI=1S/C7H16O.C7H14.2CH4/c1-7(2,3)5-6-8-4;1-5-6-7(2,3)4;;/h5-6H2,1-4H3;5H,1,6H2,2-4H3;2*1H4. The topological polar surface area (TPSA) is 9.23 Å². The highest BCUT2D eigenvalue weighted by molar-refractivity contribution is 4.75. The van der Waals surface area contributed by atoms with Crippen LogP contribution in [-0.2, 0) is 4.74 Å². The van der Waals surface area contributed by atoms with E-state index in [1.54, 1.807) is 7.11 Å². The second-order valence-corrected chi connectivity index (χ2v) is 6.36. The fraction of sp³-hybridized carbons (Fsp3) is 0.875. The van der Waals surface area contributed by atoms with Gasteiger partial charge in [0.15, 0.2) is 0 Å². The molecule has 0 radical (unpaired) electrons. The van der Waals surface area contributed by atoms with Crippen LogP contribution < -0.4 is 0 Å². The first kappa shape index (κ1) is 25.5. The van der Waals surface area contributed by atoms with Crippen LogP contribution in [0.2, 0.25) is 0 Å². The van der Waals surface area contributed by atoms with Crippen LogP contribution in [0.25, 0.3) is 0 Å². The summed E-state index contributed by atoms with van der Waals surface area (Å²) in [4.78, 5) is 0. The maximum Gasteiger partial charge on any atom is 0.0467 e. The Bertz CT molecular complexity index is 146. The van der Waals surface area contributed by atoms with Crippen molar-refractivity contribution in [3.8, 4) is 0 Å². The fourth-order valence-electron chi connectivity index (χ4n) is 0.841. The molecule has 0 aliphatic heterocycles. The summed E-state index contributed by atoms with van der Waals surface area (Å²) in [5.41, 5.74) is 0.859. The third kappa shape index (κ3) is 38.9. The SMILES string of the molecule is C.C.C=CCC(C)(C)C.COCCC(C)(C)C. The average molecular weight is 246 g/mol. The summed E-state index contributed by atoms with van der Waals surface area (Å²) < 4.78 is 4.92. The molecule has 0 atom stereocenters. The van der Waals surface area contributed by atoms with E-state index in [9.17, 15) is 0 Å². The second kappa shape index (κ2) is 12.2. The monoisotopic (exact) mass is 246 g/mol. The predicted molar refractivity (Wildman–Crippen MR) is 83.7 cm³/mol. The molecule has 0 aromatic heterocycles. The molecule has 0 aromatic rings. The van der Waals surface area contributed by atoms with Crippen LogP contribution in [-0.4, -0.2) is 13.7 Å². The van der Waals surface area contributed by atoms with Gasteiger partial charge in [0.1, 0.15) is 0 Å². The van der Waals surface area contributed by atoms with Gasteiger partial charge in [-0.05, 0) is 23.7 Å². The number of ether oxygens (including phenoxy) is 1. The quantitative estimate of drug-likeness (QED) is 0.559. The molecule has 1 heteroatoms. The summed E-state index contributed by atoms with van der Waals surface area (Å²) >= 11 is 0. The molecule has 0 bridgehead atoms. The molecule has 0 rings (SSSR count). The molecule has 0 unspecified atom stereocenters. The average Bonchev–Trinajstić information content (AvgIpc) is 1.98. The lowest BCUT2D eigenvalue weighted by Gasteiger charge is -2.16. The number of methoxy groups -OCH3 is 1. The molecule has 0 aromatic carbocycles. The molecular formula is C16H38O. The molecular weight excluding hydrogens is 208 g/mol. The van der Waals surface area contributed by atoms with E-state index in [2.05, 4.69) is 48.1 Å². The van der Waals surface area contributed by atoms with Gasteiger partial charge in [0, 0.05) is 13.7 Å². The van der Waals surface area contributed by atoms with Crippen LogP contribution in [0.15, 0.2) is 12.7 Å². The van der Waals surface area contributed by atoms with Crippen LogP contribution in [0, 0.1) is 10.8 Å². The molecule has 0 saturated carbocycles. The zero-order chi connectivity index (χ0) is 12.5. The third-order valence-electron chi connectivity index (χ3n) is 1.81. The zero-order valence-corrected chi connectivity index (χ0v) is 11.8. The molecule has 0 spiro atoms. The fourth-order valence-corrected chi connectivity index (χ4v) is 0.841.